The summed E-state index contributed by atoms with van der Waals surface area (Å²) < 4.78 is 28.5. The van der Waals surface area contributed by atoms with E-state index in [1.807, 2.05) is 51.1 Å². The van der Waals surface area contributed by atoms with Crippen molar-refractivity contribution in [2.45, 2.75) is 39.0 Å². The van der Waals surface area contributed by atoms with Gasteiger partial charge in [-0.05, 0) is 86.4 Å². The number of thiocarbonyl (C=S) groups is 1. The van der Waals surface area contributed by atoms with Crippen LogP contribution in [0.4, 0.5) is 17.1 Å². The van der Waals surface area contributed by atoms with Gasteiger partial charge in [-0.3, -0.25) is 4.72 Å². The number of rotatable bonds is 6. The lowest BCUT2D eigenvalue weighted by molar-refractivity contribution is 0.601. The van der Waals surface area contributed by atoms with Crippen molar-refractivity contribution in [2.75, 3.05) is 15.4 Å². The fourth-order valence-corrected chi connectivity index (χ4v) is 4.92. The minimum atomic E-state index is -3.70. The first kappa shape index (κ1) is 22.8. The fourth-order valence-electron chi connectivity index (χ4n) is 3.49. The van der Waals surface area contributed by atoms with E-state index in [2.05, 4.69) is 28.3 Å². The summed E-state index contributed by atoms with van der Waals surface area (Å²) in [7, 11) is -3.70. The highest BCUT2D eigenvalue weighted by Gasteiger charge is 2.17. The number of aryl methyl sites for hydroxylation is 4. The Morgan fingerprint density at radius 2 is 1.52 bits per heavy atom. The summed E-state index contributed by atoms with van der Waals surface area (Å²) in [4.78, 5) is 0.188. The van der Waals surface area contributed by atoms with E-state index in [1.165, 1.54) is 5.56 Å². The number of hydrogen-bond acceptors (Lipinski definition) is 3. The number of benzene rings is 3. The maximum Gasteiger partial charge on any atom is 0.261 e. The van der Waals surface area contributed by atoms with E-state index >= 15 is 0 Å². The molecule has 31 heavy (non-hydrogen) atoms. The zero-order valence-electron chi connectivity index (χ0n) is 18.1. The lowest BCUT2D eigenvalue weighted by atomic mass is 10.1. The minimum absolute atomic E-state index is 0.188. The summed E-state index contributed by atoms with van der Waals surface area (Å²) >= 11 is 5.40. The first-order valence-corrected chi connectivity index (χ1v) is 12.0. The number of para-hydroxylation sites is 1. The van der Waals surface area contributed by atoms with Gasteiger partial charge in [-0.25, -0.2) is 8.42 Å². The largest absolute Gasteiger partial charge is 0.332 e. The predicted molar refractivity (Wildman–Crippen MR) is 134 cm³/mol. The van der Waals surface area contributed by atoms with E-state index in [0.29, 0.717) is 16.5 Å². The highest BCUT2D eigenvalue weighted by molar-refractivity contribution is 7.92. The molecule has 0 aliphatic heterocycles. The second-order valence-electron chi connectivity index (χ2n) is 7.49. The molecule has 3 aromatic rings. The Balaban J connectivity index is 1.71. The zero-order valence-corrected chi connectivity index (χ0v) is 19.7. The molecular formula is C24H27N3O2S2. The van der Waals surface area contributed by atoms with Crippen LogP contribution in [0.1, 0.15) is 29.2 Å². The summed E-state index contributed by atoms with van der Waals surface area (Å²) in [6.07, 6.45) is 0.894. The lowest BCUT2D eigenvalue weighted by Gasteiger charge is -2.15. The van der Waals surface area contributed by atoms with E-state index < -0.39 is 10.0 Å². The van der Waals surface area contributed by atoms with Crippen molar-refractivity contribution in [3.8, 4) is 0 Å². The van der Waals surface area contributed by atoms with Crippen LogP contribution in [-0.2, 0) is 16.4 Å². The topological polar surface area (TPSA) is 70.2 Å². The highest BCUT2D eigenvalue weighted by Crippen LogP contribution is 2.25. The van der Waals surface area contributed by atoms with Crippen LogP contribution in [0, 0.1) is 20.8 Å². The second kappa shape index (κ2) is 9.49. The molecule has 0 heterocycles. The summed E-state index contributed by atoms with van der Waals surface area (Å²) in [6, 6.07) is 18.4. The Hall–Kier alpha value is -2.90. The maximum atomic E-state index is 12.9. The van der Waals surface area contributed by atoms with E-state index in [-0.39, 0.29) is 4.90 Å². The first-order valence-electron chi connectivity index (χ1n) is 10.1. The molecule has 0 saturated carbocycles. The molecule has 0 aliphatic carbocycles. The molecule has 0 unspecified atom stereocenters. The van der Waals surface area contributed by atoms with E-state index in [9.17, 15) is 8.42 Å². The molecule has 5 nitrogen and oxygen atoms in total. The van der Waals surface area contributed by atoms with Crippen LogP contribution in [0.25, 0.3) is 0 Å². The van der Waals surface area contributed by atoms with Crippen molar-refractivity contribution in [1.82, 2.24) is 0 Å². The zero-order chi connectivity index (χ0) is 22.6. The molecule has 0 radical (unpaired) electrons. The number of nitrogens with one attached hydrogen (secondary N) is 3. The normalized spacial score (nSPS) is 11.1. The van der Waals surface area contributed by atoms with Crippen molar-refractivity contribution in [2.24, 2.45) is 0 Å². The van der Waals surface area contributed by atoms with Gasteiger partial charge in [0, 0.05) is 11.4 Å². The summed E-state index contributed by atoms with van der Waals surface area (Å²) in [5, 5.41) is 6.74. The van der Waals surface area contributed by atoms with Crippen LogP contribution in [0.3, 0.4) is 0 Å². The quantitative estimate of drug-likeness (QED) is 0.413. The average molecular weight is 454 g/mol. The molecule has 0 fully saturated rings. The molecule has 3 rings (SSSR count). The third kappa shape index (κ3) is 5.62. The Kier molecular flexibility index (Phi) is 6.97. The third-order valence-electron chi connectivity index (χ3n) is 4.98. The molecule has 0 aliphatic rings. The molecular weight excluding hydrogens is 426 g/mol. The molecule has 0 bridgehead atoms. The molecule has 0 saturated heterocycles. The van der Waals surface area contributed by atoms with Gasteiger partial charge in [0.2, 0.25) is 0 Å². The summed E-state index contributed by atoms with van der Waals surface area (Å²) in [5.74, 6) is 0. The number of anilines is 3. The Labute approximate surface area is 190 Å². The van der Waals surface area contributed by atoms with Crippen molar-refractivity contribution in [3.63, 3.8) is 0 Å². The lowest BCUT2D eigenvalue weighted by Crippen LogP contribution is -2.20. The standard InChI is InChI=1S/C24H27N3O2S2/c1-5-19-8-6-7-9-22(19)26-24(30)25-20-10-12-21(13-11-20)31(28,29)27-23-17(3)14-16(2)15-18(23)4/h6-15,27H,5H2,1-4H3,(H2,25,26,30). The smallest absolute Gasteiger partial charge is 0.261 e. The average Bonchev–Trinajstić information content (AvgIpc) is 2.71. The summed E-state index contributed by atoms with van der Waals surface area (Å²) in [6.45, 7) is 7.87. The monoisotopic (exact) mass is 453 g/mol. The summed E-state index contributed by atoms with van der Waals surface area (Å²) in [5.41, 5.74) is 6.32. The van der Waals surface area contributed by atoms with Crippen LogP contribution >= 0.6 is 12.2 Å². The van der Waals surface area contributed by atoms with Crippen LogP contribution < -0.4 is 15.4 Å². The van der Waals surface area contributed by atoms with Crippen molar-refractivity contribution in [1.29, 1.82) is 0 Å². The highest BCUT2D eigenvalue weighted by atomic mass is 32.2. The van der Waals surface area contributed by atoms with Crippen molar-refractivity contribution >= 4 is 44.4 Å². The SMILES string of the molecule is CCc1ccccc1NC(=S)Nc1ccc(S(=O)(=O)Nc2c(C)cc(C)cc2C)cc1. The molecule has 0 spiro atoms. The van der Waals surface area contributed by atoms with Gasteiger partial charge in [0.1, 0.15) is 0 Å². The van der Waals surface area contributed by atoms with Crippen LogP contribution in [0.15, 0.2) is 65.6 Å². The molecule has 3 N–H and O–H groups in total. The van der Waals surface area contributed by atoms with Gasteiger partial charge in [0.05, 0.1) is 10.6 Å². The van der Waals surface area contributed by atoms with Gasteiger partial charge in [-0.1, -0.05) is 42.8 Å². The molecule has 0 amide bonds. The number of sulfonamides is 1. The van der Waals surface area contributed by atoms with Crippen LogP contribution in [0.2, 0.25) is 0 Å². The molecule has 3 aromatic carbocycles. The van der Waals surface area contributed by atoms with Crippen LogP contribution in [-0.4, -0.2) is 13.5 Å². The van der Waals surface area contributed by atoms with E-state index in [4.69, 9.17) is 12.2 Å². The Bertz CT molecular complexity index is 1180. The Morgan fingerprint density at radius 1 is 0.903 bits per heavy atom. The van der Waals surface area contributed by atoms with Gasteiger partial charge in [-0.15, -0.1) is 0 Å². The minimum Gasteiger partial charge on any atom is -0.332 e. The molecule has 162 valence electrons. The van der Waals surface area contributed by atoms with Gasteiger partial charge in [0.25, 0.3) is 10.0 Å². The van der Waals surface area contributed by atoms with Gasteiger partial charge < -0.3 is 10.6 Å². The fraction of sp³-hybridized carbons (Fsp3) is 0.208. The first-order chi connectivity index (χ1) is 14.7. The Morgan fingerprint density at radius 3 is 2.13 bits per heavy atom. The third-order valence-corrected chi connectivity index (χ3v) is 6.55. The maximum absolute atomic E-state index is 12.9. The molecule has 0 atom stereocenters. The van der Waals surface area contributed by atoms with Gasteiger partial charge in [0.15, 0.2) is 5.11 Å². The van der Waals surface area contributed by atoms with Gasteiger partial charge >= 0.3 is 0 Å². The van der Waals surface area contributed by atoms with E-state index in [0.717, 1.165) is 28.8 Å². The van der Waals surface area contributed by atoms with Crippen LogP contribution in [0.5, 0.6) is 0 Å². The van der Waals surface area contributed by atoms with Gasteiger partial charge in [-0.2, -0.15) is 0 Å². The molecule has 0 aromatic heterocycles. The van der Waals surface area contributed by atoms with Crippen molar-refractivity contribution in [3.05, 3.63) is 82.9 Å². The van der Waals surface area contributed by atoms with E-state index in [1.54, 1.807) is 24.3 Å². The van der Waals surface area contributed by atoms with Crippen molar-refractivity contribution < 1.29 is 8.42 Å². The second-order valence-corrected chi connectivity index (χ2v) is 9.58. The molecule has 7 heteroatoms. The number of hydrogen-bond donors (Lipinski definition) is 3. The predicted octanol–water partition coefficient (Wildman–Crippen LogP) is 5.78.